The quantitative estimate of drug-likeness (QED) is 0.625. The summed E-state index contributed by atoms with van der Waals surface area (Å²) in [5.41, 5.74) is 0. The summed E-state index contributed by atoms with van der Waals surface area (Å²) in [7, 11) is 0. The molecule has 14 heavy (non-hydrogen) atoms. The molecule has 0 aromatic carbocycles. The predicted molar refractivity (Wildman–Crippen MR) is 58.0 cm³/mol. The topological polar surface area (TPSA) is 17.1 Å². The van der Waals surface area contributed by atoms with Crippen LogP contribution >= 0.6 is 0 Å². The van der Waals surface area contributed by atoms with Gasteiger partial charge < -0.3 is 0 Å². The Morgan fingerprint density at radius 1 is 1.21 bits per heavy atom. The van der Waals surface area contributed by atoms with Crippen LogP contribution in [0.5, 0.6) is 0 Å². The number of hydrogen-bond acceptors (Lipinski definition) is 1. The zero-order valence-corrected chi connectivity index (χ0v) is 9.46. The van der Waals surface area contributed by atoms with Crippen LogP contribution in [0.2, 0.25) is 0 Å². The molecule has 3 atom stereocenters. The number of carbonyl (C=O) groups is 1. The first-order valence-electron chi connectivity index (χ1n) is 6.21. The summed E-state index contributed by atoms with van der Waals surface area (Å²) >= 11 is 0. The van der Waals surface area contributed by atoms with Gasteiger partial charge in [-0.15, -0.1) is 0 Å². The van der Waals surface area contributed by atoms with E-state index in [0.717, 1.165) is 12.3 Å². The molecule has 2 saturated carbocycles. The zero-order valence-electron chi connectivity index (χ0n) is 9.46. The minimum absolute atomic E-state index is 0.457. The van der Waals surface area contributed by atoms with Crippen molar-refractivity contribution in [2.24, 2.45) is 23.7 Å². The fraction of sp³-hybridized carbons (Fsp3) is 0.923. The van der Waals surface area contributed by atoms with Crippen molar-refractivity contribution >= 4 is 5.78 Å². The van der Waals surface area contributed by atoms with Crippen molar-refractivity contribution < 1.29 is 4.79 Å². The van der Waals surface area contributed by atoms with Crippen molar-refractivity contribution in [3.05, 3.63) is 0 Å². The molecule has 1 nitrogen and oxygen atoms in total. The average Bonchev–Trinajstić information content (AvgIpc) is 2.17. The second-order valence-corrected chi connectivity index (χ2v) is 5.56. The van der Waals surface area contributed by atoms with Gasteiger partial charge in [0.05, 0.1) is 0 Å². The Morgan fingerprint density at radius 3 is 2.64 bits per heavy atom. The normalized spacial score (nSPS) is 38.5. The largest absolute Gasteiger partial charge is 0.299 e. The highest BCUT2D eigenvalue weighted by molar-refractivity contribution is 5.82. The van der Waals surface area contributed by atoms with Crippen molar-refractivity contribution in [2.45, 2.75) is 52.4 Å². The van der Waals surface area contributed by atoms with E-state index in [1.165, 1.54) is 32.1 Å². The summed E-state index contributed by atoms with van der Waals surface area (Å²) in [6, 6.07) is 0. The molecule has 0 N–H and O–H groups in total. The molecule has 0 radical (unpaired) electrons. The van der Waals surface area contributed by atoms with E-state index in [0.29, 0.717) is 23.5 Å². The monoisotopic (exact) mass is 194 g/mol. The lowest BCUT2D eigenvalue weighted by Gasteiger charge is -2.39. The van der Waals surface area contributed by atoms with E-state index < -0.39 is 0 Å². The number of carbonyl (C=O) groups excluding carboxylic acids is 1. The van der Waals surface area contributed by atoms with Gasteiger partial charge in [-0.3, -0.25) is 4.79 Å². The van der Waals surface area contributed by atoms with E-state index in [-0.39, 0.29) is 0 Å². The highest BCUT2D eigenvalue weighted by Crippen LogP contribution is 2.42. The third-order valence-corrected chi connectivity index (χ3v) is 4.33. The van der Waals surface area contributed by atoms with Crippen LogP contribution in [0.25, 0.3) is 0 Å². The number of ketones is 1. The summed E-state index contributed by atoms with van der Waals surface area (Å²) in [5, 5.41) is 0. The van der Waals surface area contributed by atoms with Gasteiger partial charge in [-0.1, -0.05) is 26.7 Å². The highest BCUT2D eigenvalue weighted by atomic mass is 16.1. The average molecular weight is 194 g/mol. The van der Waals surface area contributed by atoms with Crippen LogP contribution in [0.4, 0.5) is 0 Å². The van der Waals surface area contributed by atoms with Crippen molar-refractivity contribution in [1.29, 1.82) is 0 Å². The molecule has 0 amide bonds. The molecule has 0 spiro atoms. The maximum absolute atomic E-state index is 11.9. The Morgan fingerprint density at radius 2 is 1.93 bits per heavy atom. The zero-order chi connectivity index (χ0) is 10.1. The molecule has 0 saturated heterocycles. The molecule has 80 valence electrons. The molecule has 2 rings (SSSR count). The van der Waals surface area contributed by atoms with Gasteiger partial charge in [0, 0.05) is 12.3 Å². The first-order chi connectivity index (χ1) is 6.68. The summed E-state index contributed by atoms with van der Waals surface area (Å²) in [4.78, 5) is 11.9. The molecule has 0 aliphatic heterocycles. The van der Waals surface area contributed by atoms with Gasteiger partial charge in [-0.2, -0.15) is 0 Å². The van der Waals surface area contributed by atoms with Crippen LogP contribution in [0.3, 0.4) is 0 Å². The summed E-state index contributed by atoms with van der Waals surface area (Å²) in [6.45, 7) is 4.53. The molecule has 2 aliphatic rings. The van der Waals surface area contributed by atoms with Crippen LogP contribution in [0.1, 0.15) is 52.4 Å². The molecule has 3 unspecified atom stereocenters. The van der Waals surface area contributed by atoms with Crippen LogP contribution < -0.4 is 0 Å². The summed E-state index contributed by atoms with van der Waals surface area (Å²) < 4.78 is 0. The molecule has 0 aromatic rings. The Balaban J connectivity index is 2.04. The first-order valence-corrected chi connectivity index (χ1v) is 6.21. The molecular weight excluding hydrogens is 172 g/mol. The fourth-order valence-electron chi connectivity index (χ4n) is 3.30. The second-order valence-electron chi connectivity index (χ2n) is 5.56. The first kappa shape index (κ1) is 10.2. The lowest BCUT2D eigenvalue weighted by atomic mass is 9.65. The third kappa shape index (κ3) is 1.87. The minimum Gasteiger partial charge on any atom is -0.299 e. The van der Waals surface area contributed by atoms with Gasteiger partial charge >= 0.3 is 0 Å². The van der Waals surface area contributed by atoms with Crippen molar-refractivity contribution in [3.8, 4) is 0 Å². The van der Waals surface area contributed by atoms with E-state index in [9.17, 15) is 4.79 Å². The fourth-order valence-corrected chi connectivity index (χ4v) is 3.30. The van der Waals surface area contributed by atoms with Crippen molar-refractivity contribution in [1.82, 2.24) is 0 Å². The van der Waals surface area contributed by atoms with Gasteiger partial charge in [0.1, 0.15) is 5.78 Å². The lowest BCUT2D eigenvalue weighted by molar-refractivity contribution is -0.130. The van der Waals surface area contributed by atoms with Gasteiger partial charge in [-0.05, 0) is 37.0 Å². The van der Waals surface area contributed by atoms with Gasteiger partial charge in [-0.25, -0.2) is 0 Å². The second kappa shape index (κ2) is 4.04. The molecule has 0 bridgehead atoms. The van der Waals surface area contributed by atoms with Gasteiger partial charge in [0.25, 0.3) is 0 Å². The lowest BCUT2D eigenvalue weighted by Crippen LogP contribution is -2.36. The Hall–Kier alpha value is -0.330. The van der Waals surface area contributed by atoms with Gasteiger partial charge in [0.15, 0.2) is 0 Å². The van der Waals surface area contributed by atoms with E-state index in [1.54, 1.807) is 0 Å². The summed E-state index contributed by atoms with van der Waals surface area (Å²) in [6.07, 6.45) is 7.36. The van der Waals surface area contributed by atoms with E-state index in [2.05, 4.69) is 13.8 Å². The number of Topliss-reactive ketones (excluding diaryl/α,β-unsaturated/α-hetero) is 1. The number of hydrogen-bond donors (Lipinski definition) is 0. The van der Waals surface area contributed by atoms with Crippen molar-refractivity contribution in [2.75, 3.05) is 0 Å². The highest BCUT2D eigenvalue weighted by Gasteiger charge is 2.38. The standard InChI is InChI=1S/C13H22O/c1-9(2)11-7-10-5-3-4-6-12(10)13(14)8-11/h9-12H,3-8H2,1-2H3. The van der Waals surface area contributed by atoms with Crippen LogP contribution in [0.15, 0.2) is 0 Å². The van der Waals surface area contributed by atoms with Crippen LogP contribution in [0, 0.1) is 23.7 Å². The molecule has 0 heterocycles. The predicted octanol–water partition coefficient (Wildman–Crippen LogP) is 3.43. The van der Waals surface area contributed by atoms with Crippen LogP contribution in [-0.2, 0) is 4.79 Å². The van der Waals surface area contributed by atoms with Crippen molar-refractivity contribution in [3.63, 3.8) is 0 Å². The molecule has 0 aromatic heterocycles. The molecule has 1 heteroatoms. The van der Waals surface area contributed by atoms with Gasteiger partial charge in [0.2, 0.25) is 0 Å². The number of fused-ring (bicyclic) bond motifs is 1. The van der Waals surface area contributed by atoms with E-state index >= 15 is 0 Å². The Labute approximate surface area is 87.3 Å². The Bertz CT molecular complexity index is 219. The molecular formula is C13H22O. The van der Waals surface area contributed by atoms with Crippen LogP contribution in [-0.4, -0.2) is 5.78 Å². The van der Waals surface area contributed by atoms with E-state index in [4.69, 9.17) is 0 Å². The summed E-state index contributed by atoms with van der Waals surface area (Å²) in [5.74, 6) is 3.17. The minimum atomic E-state index is 0.457. The third-order valence-electron chi connectivity index (χ3n) is 4.33. The SMILES string of the molecule is CC(C)C1CC(=O)C2CCCCC2C1. The molecule has 2 fully saturated rings. The molecule has 2 aliphatic carbocycles. The Kier molecular flexibility index (Phi) is 2.94. The van der Waals surface area contributed by atoms with E-state index in [1.807, 2.05) is 0 Å². The maximum Gasteiger partial charge on any atom is 0.136 e. The smallest absolute Gasteiger partial charge is 0.136 e. The maximum atomic E-state index is 11.9. The number of rotatable bonds is 1.